The van der Waals surface area contributed by atoms with Crippen LogP contribution in [0.15, 0.2) is 18.2 Å². The topological polar surface area (TPSA) is 87.3 Å². The third kappa shape index (κ3) is 4.33. The number of carbonyl (C=O) groups is 1. The molecule has 0 aromatic heterocycles. The summed E-state index contributed by atoms with van der Waals surface area (Å²) in [7, 11) is -3.38. The molecule has 1 saturated heterocycles. The molecule has 0 saturated carbocycles. The van der Waals surface area contributed by atoms with Gasteiger partial charge < -0.3 is 10.6 Å². The molecule has 8 heteroatoms. The molecule has 0 radical (unpaired) electrons. The van der Waals surface area contributed by atoms with Crippen LogP contribution in [-0.4, -0.2) is 33.7 Å². The van der Waals surface area contributed by atoms with Crippen molar-refractivity contribution in [1.29, 1.82) is 0 Å². The summed E-state index contributed by atoms with van der Waals surface area (Å²) < 4.78 is 24.8. The molecule has 1 aromatic rings. The predicted molar refractivity (Wildman–Crippen MR) is 84.1 cm³/mol. The molecule has 2 rings (SSSR count). The van der Waals surface area contributed by atoms with Gasteiger partial charge in [0.05, 0.1) is 28.6 Å². The molecule has 1 aliphatic heterocycles. The van der Waals surface area contributed by atoms with Gasteiger partial charge in [0, 0.05) is 6.54 Å². The third-order valence-corrected chi connectivity index (χ3v) is 4.32. The van der Waals surface area contributed by atoms with Crippen LogP contribution in [0.5, 0.6) is 0 Å². The van der Waals surface area contributed by atoms with E-state index in [0.29, 0.717) is 22.9 Å². The number of benzene rings is 1. The Hall–Kier alpha value is -1.31. The van der Waals surface area contributed by atoms with Gasteiger partial charge in [0.15, 0.2) is 0 Å². The second-order valence-electron chi connectivity index (χ2n) is 5.30. The van der Waals surface area contributed by atoms with Gasteiger partial charge in [-0.15, -0.1) is 0 Å². The maximum Gasteiger partial charge on any atom is 0.229 e. The highest BCUT2D eigenvalue weighted by molar-refractivity contribution is 7.92. The fourth-order valence-electron chi connectivity index (χ4n) is 2.29. The smallest absolute Gasteiger partial charge is 0.229 e. The van der Waals surface area contributed by atoms with Crippen LogP contribution < -0.4 is 15.4 Å². The first-order chi connectivity index (χ1) is 9.76. The van der Waals surface area contributed by atoms with Gasteiger partial charge in [0.1, 0.15) is 0 Å². The zero-order valence-electron chi connectivity index (χ0n) is 11.8. The highest BCUT2D eigenvalue weighted by Crippen LogP contribution is 2.27. The van der Waals surface area contributed by atoms with E-state index in [-0.39, 0.29) is 17.7 Å². The third-order valence-electron chi connectivity index (χ3n) is 3.38. The van der Waals surface area contributed by atoms with Crippen molar-refractivity contribution in [1.82, 2.24) is 5.32 Å². The van der Waals surface area contributed by atoms with Crippen LogP contribution in [-0.2, 0) is 14.8 Å². The summed E-state index contributed by atoms with van der Waals surface area (Å²) in [6.07, 6.45) is 1.06. The quantitative estimate of drug-likeness (QED) is 0.780. The van der Waals surface area contributed by atoms with Crippen molar-refractivity contribution in [2.45, 2.75) is 6.92 Å². The van der Waals surface area contributed by atoms with E-state index in [1.807, 2.05) is 6.92 Å². The number of sulfonamides is 1. The lowest BCUT2D eigenvalue weighted by molar-refractivity contribution is -0.120. The number of hydrogen-bond donors (Lipinski definition) is 3. The molecular formula is C13H18ClN3O3S. The van der Waals surface area contributed by atoms with E-state index in [1.54, 1.807) is 12.1 Å². The first-order valence-corrected chi connectivity index (χ1v) is 8.82. The Kier molecular flexibility index (Phi) is 4.75. The second-order valence-corrected chi connectivity index (χ2v) is 7.46. The Morgan fingerprint density at radius 1 is 1.38 bits per heavy atom. The van der Waals surface area contributed by atoms with E-state index in [2.05, 4.69) is 15.4 Å². The number of halogens is 1. The zero-order valence-corrected chi connectivity index (χ0v) is 13.4. The van der Waals surface area contributed by atoms with Gasteiger partial charge in [0.2, 0.25) is 15.9 Å². The number of amides is 1. The molecule has 3 N–H and O–H groups in total. The lowest BCUT2D eigenvalue weighted by Crippen LogP contribution is -2.28. The summed E-state index contributed by atoms with van der Waals surface area (Å²) in [4.78, 5) is 12.2. The molecule has 0 aliphatic carbocycles. The fourth-order valence-corrected chi connectivity index (χ4v) is 3.01. The molecule has 1 aromatic carbocycles. The molecule has 2 atom stereocenters. The SMILES string of the molecule is C[C@@H]1CNC[C@H]1C(=O)Nc1cc(NS(C)(=O)=O)ccc1Cl. The van der Waals surface area contributed by atoms with Crippen LogP contribution in [0, 0.1) is 11.8 Å². The largest absolute Gasteiger partial charge is 0.324 e. The Morgan fingerprint density at radius 3 is 2.67 bits per heavy atom. The number of carbonyl (C=O) groups excluding carboxylic acids is 1. The molecule has 1 amide bonds. The van der Waals surface area contributed by atoms with Gasteiger partial charge in [-0.05, 0) is 30.7 Å². The molecular weight excluding hydrogens is 314 g/mol. The Morgan fingerprint density at radius 2 is 2.10 bits per heavy atom. The monoisotopic (exact) mass is 331 g/mol. The second kappa shape index (κ2) is 6.21. The molecule has 0 spiro atoms. The molecule has 21 heavy (non-hydrogen) atoms. The van der Waals surface area contributed by atoms with E-state index in [0.717, 1.165) is 12.8 Å². The predicted octanol–water partition coefficient (Wildman–Crippen LogP) is 1.51. The normalized spacial score (nSPS) is 22.0. The highest BCUT2D eigenvalue weighted by Gasteiger charge is 2.29. The van der Waals surface area contributed by atoms with Crippen molar-refractivity contribution >= 4 is 38.9 Å². The number of anilines is 2. The molecule has 1 heterocycles. The Balaban J connectivity index is 2.15. The lowest BCUT2D eigenvalue weighted by atomic mass is 9.97. The zero-order chi connectivity index (χ0) is 15.6. The fraction of sp³-hybridized carbons (Fsp3) is 0.462. The number of nitrogens with one attached hydrogen (secondary N) is 3. The van der Waals surface area contributed by atoms with Gasteiger partial charge in [-0.25, -0.2) is 8.42 Å². The van der Waals surface area contributed by atoms with Crippen LogP contribution in [0.3, 0.4) is 0 Å². The minimum atomic E-state index is -3.38. The molecule has 6 nitrogen and oxygen atoms in total. The Bertz CT molecular complexity index is 648. The van der Waals surface area contributed by atoms with Crippen LogP contribution in [0.1, 0.15) is 6.92 Å². The minimum Gasteiger partial charge on any atom is -0.324 e. The van der Waals surface area contributed by atoms with Crippen LogP contribution in [0.25, 0.3) is 0 Å². The maximum absolute atomic E-state index is 12.2. The first-order valence-electron chi connectivity index (χ1n) is 6.55. The number of hydrogen-bond acceptors (Lipinski definition) is 4. The first kappa shape index (κ1) is 16.1. The summed E-state index contributed by atoms with van der Waals surface area (Å²) in [5.41, 5.74) is 0.754. The van der Waals surface area contributed by atoms with Crippen molar-refractivity contribution in [3.05, 3.63) is 23.2 Å². The minimum absolute atomic E-state index is 0.118. The summed E-state index contributed by atoms with van der Waals surface area (Å²) in [6.45, 7) is 3.45. The van der Waals surface area contributed by atoms with E-state index >= 15 is 0 Å². The van der Waals surface area contributed by atoms with Crippen molar-refractivity contribution in [2.75, 3.05) is 29.4 Å². The van der Waals surface area contributed by atoms with Gasteiger partial charge in [0.25, 0.3) is 0 Å². The molecule has 0 bridgehead atoms. The van der Waals surface area contributed by atoms with Crippen molar-refractivity contribution in [2.24, 2.45) is 11.8 Å². The van der Waals surface area contributed by atoms with E-state index < -0.39 is 10.0 Å². The van der Waals surface area contributed by atoms with Crippen molar-refractivity contribution in [3.8, 4) is 0 Å². The average molecular weight is 332 g/mol. The summed E-state index contributed by atoms with van der Waals surface area (Å²) in [5, 5.41) is 6.29. The highest BCUT2D eigenvalue weighted by atomic mass is 35.5. The van der Waals surface area contributed by atoms with Gasteiger partial charge in [-0.2, -0.15) is 0 Å². The molecule has 1 fully saturated rings. The lowest BCUT2D eigenvalue weighted by Gasteiger charge is -2.16. The van der Waals surface area contributed by atoms with Crippen LogP contribution in [0.4, 0.5) is 11.4 Å². The standard InChI is InChI=1S/C13H18ClN3O3S/c1-8-6-15-7-10(8)13(18)16-12-5-9(3-4-11(12)14)17-21(2,19)20/h3-5,8,10,15,17H,6-7H2,1-2H3,(H,16,18)/t8-,10-/m1/s1. The van der Waals surface area contributed by atoms with Crippen LogP contribution in [0.2, 0.25) is 5.02 Å². The average Bonchev–Trinajstić information content (AvgIpc) is 2.78. The molecule has 0 unspecified atom stereocenters. The van der Waals surface area contributed by atoms with Crippen LogP contribution >= 0.6 is 11.6 Å². The van der Waals surface area contributed by atoms with Crippen molar-refractivity contribution < 1.29 is 13.2 Å². The van der Waals surface area contributed by atoms with E-state index in [4.69, 9.17) is 11.6 Å². The van der Waals surface area contributed by atoms with E-state index in [9.17, 15) is 13.2 Å². The summed E-state index contributed by atoms with van der Waals surface area (Å²) in [5.74, 6) is 0.0135. The van der Waals surface area contributed by atoms with Gasteiger partial charge in [-0.1, -0.05) is 18.5 Å². The van der Waals surface area contributed by atoms with E-state index in [1.165, 1.54) is 6.07 Å². The summed E-state index contributed by atoms with van der Waals surface area (Å²) in [6, 6.07) is 4.59. The Labute approximate surface area is 129 Å². The molecule has 1 aliphatic rings. The van der Waals surface area contributed by atoms with Gasteiger partial charge in [-0.3, -0.25) is 9.52 Å². The summed E-state index contributed by atoms with van der Waals surface area (Å²) >= 11 is 6.05. The van der Waals surface area contributed by atoms with Crippen molar-refractivity contribution in [3.63, 3.8) is 0 Å². The number of rotatable bonds is 4. The maximum atomic E-state index is 12.2. The van der Waals surface area contributed by atoms with Gasteiger partial charge >= 0.3 is 0 Å². The molecule has 116 valence electrons.